The first kappa shape index (κ1) is 21.1. The van der Waals surface area contributed by atoms with Crippen LogP contribution in [0.2, 0.25) is 0 Å². The zero-order valence-corrected chi connectivity index (χ0v) is 17.9. The first-order valence-electron chi connectivity index (χ1n) is 10.2. The van der Waals surface area contributed by atoms with E-state index in [1.165, 1.54) is 12.1 Å². The molecule has 1 fully saturated rings. The summed E-state index contributed by atoms with van der Waals surface area (Å²) in [5.41, 5.74) is 2.68. The molecule has 0 bridgehead atoms. The summed E-state index contributed by atoms with van der Waals surface area (Å²) < 4.78 is 34.6. The molecule has 1 N–H and O–H groups in total. The van der Waals surface area contributed by atoms with E-state index in [0.717, 1.165) is 6.07 Å². The average Bonchev–Trinajstić information content (AvgIpc) is 2.68. The number of carbonyl (C=O) groups excluding carboxylic acids is 1. The summed E-state index contributed by atoms with van der Waals surface area (Å²) in [6.07, 6.45) is -0.00557. The van der Waals surface area contributed by atoms with E-state index in [1.54, 1.807) is 26.0 Å². The molecule has 0 aliphatic carbocycles. The zero-order chi connectivity index (χ0) is 22.3. The summed E-state index contributed by atoms with van der Waals surface area (Å²) in [6.45, 7) is 8.61. The van der Waals surface area contributed by atoms with Crippen LogP contribution in [-0.2, 0) is 4.74 Å². The number of morpholine rings is 1. The number of anilines is 2. The van der Waals surface area contributed by atoms with Crippen LogP contribution < -0.4 is 10.2 Å². The van der Waals surface area contributed by atoms with Crippen molar-refractivity contribution in [1.82, 2.24) is 9.97 Å². The van der Waals surface area contributed by atoms with Crippen molar-refractivity contribution in [2.75, 3.05) is 23.3 Å². The number of rotatable bonds is 3. The number of carbonyl (C=O) groups is 1. The largest absolute Gasteiger partial charge is 0.372 e. The van der Waals surface area contributed by atoms with Crippen LogP contribution in [0.25, 0.3) is 11.0 Å². The molecule has 2 atom stereocenters. The van der Waals surface area contributed by atoms with E-state index in [2.05, 4.69) is 15.3 Å². The van der Waals surface area contributed by atoms with Crippen molar-refractivity contribution in [2.45, 2.75) is 39.9 Å². The Morgan fingerprint density at radius 1 is 1.06 bits per heavy atom. The van der Waals surface area contributed by atoms with Crippen LogP contribution in [0, 0.1) is 25.5 Å². The summed E-state index contributed by atoms with van der Waals surface area (Å²) in [6, 6.07) is 6.88. The lowest BCUT2D eigenvalue weighted by Gasteiger charge is -2.37. The van der Waals surface area contributed by atoms with Crippen molar-refractivity contribution in [3.8, 4) is 0 Å². The molecule has 3 aromatic rings. The van der Waals surface area contributed by atoms with E-state index in [4.69, 9.17) is 4.74 Å². The van der Waals surface area contributed by atoms with Gasteiger partial charge in [-0.25, -0.2) is 18.7 Å². The molecule has 8 heteroatoms. The molecular weight excluding hydrogens is 402 g/mol. The SMILES string of the molecule is Cc1nc2cc(F)cc(C(=O)Nc3ccc(N4C[C@@H](C)O[C@@H](C)C4)c(F)c3)c2nc1C. The van der Waals surface area contributed by atoms with Crippen molar-refractivity contribution in [2.24, 2.45) is 0 Å². The Bertz CT molecular complexity index is 1160. The van der Waals surface area contributed by atoms with E-state index < -0.39 is 17.5 Å². The molecule has 162 valence electrons. The number of amides is 1. The molecule has 2 heterocycles. The standard InChI is InChI=1S/C23H24F2N4O2/c1-12-10-29(11-13(2)31-12)21-6-5-17(9-19(21)25)28-23(30)18-7-16(24)8-20-22(18)27-15(4)14(3)26-20/h5-9,12-13H,10-11H2,1-4H3,(H,28,30)/t12-,13+. The third-order valence-electron chi connectivity index (χ3n) is 5.36. The molecule has 1 aromatic heterocycles. The molecule has 1 amide bonds. The molecule has 2 aromatic carbocycles. The lowest BCUT2D eigenvalue weighted by Crippen LogP contribution is -2.45. The van der Waals surface area contributed by atoms with Crippen molar-refractivity contribution in [3.63, 3.8) is 0 Å². The number of ether oxygens (including phenoxy) is 1. The molecule has 1 aliphatic rings. The summed E-state index contributed by atoms with van der Waals surface area (Å²) in [4.78, 5) is 23.5. The second-order valence-electron chi connectivity index (χ2n) is 8.00. The van der Waals surface area contributed by atoms with E-state index in [1.807, 2.05) is 18.7 Å². The molecule has 0 unspecified atom stereocenters. The van der Waals surface area contributed by atoms with Crippen molar-refractivity contribution in [1.29, 1.82) is 0 Å². The number of nitrogens with one attached hydrogen (secondary N) is 1. The van der Waals surface area contributed by atoms with Crippen LogP contribution in [0.1, 0.15) is 35.6 Å². The van der Waals surface area contributed by atoms with Crippen molar-refractivity contribution >= 4 is 28.3 Å². The molecule has 0 saturated carbocycles. The third kappa shape index (κ3) is 4.34. The first-order chi connectivity index (χ1) is 14.7. The van der Waals surface area contributed by atoms with Gasteiger partial charge < -0.3 is 15.0 Å². The van der Waals surface area contributed by atoms with Gasteiger partial charge in [-0.05, 0) is 52.0 Å². The molecule has 0 spiro atoms. The number of halogens is 2. The number of aromatic nitrogens is 2. The maximum atomic E-state index is 14.8. The van der Waals surface area contributed by atoms with Gasteiger partial charge in [0.05, 0.1) is 40.4 Å². The predicted molar refractivity (Wildman–Crippen MR) is 116 cm³/mol. The number of aryl methyl sites for hydroxylation is 2. The predicted octanol–water partition coefficient (Wildman–Crippen LogP) is 4.39. The lowest BCUT2D eigenvalue weighted by molar-refractivity contribution is -0.00539. The molecule has 1 saturated heterocycles. The molecule has 1 aliphatic heterocycles. The summed E-state index contributed by atoms with van der Waals surface area (Å²) in [5, 5.41) is 2.64. The highest BCUT2D eigenvalue weighted by molar-refractivity contribution is 6.11. The zero-order valence-electron chi connectivity index (χ0n) is 17.9. The Labute approximate surface area is 179 Å². The highest BCUT2D eigenvalue weighted by Gasteiger charge is 2.24. The number of hydrogen-bond donors (Lipinski definition) is 1. The fraction of sp³-hybridized carbons (Fsp3) is 0.348. The van der Waals surface area contributed by atoms with Gasteiger partial charge >= 0.3 is 0 Å². The van der Waals surface area contributed by atoms with Gasteiger partial charge in [0.2, 0.25) is 0 Å². The average molecular weight is 426 g/mol. The number of nitrogens with zero attached hydrogens (tertiary/aromatic N) is 3. The van der Waals surface area contributed by atoms with Gasteiger partial charge in [0.15, 0.2) is 0 Å². The second-order valence-corrected chi connectivity index (χ2v) is 8.00. The van der Waals surface area contributed by atoms with Crippen molar-refractivity contribution in [3.05, 3.63) is 58.9 Å². The van der Waals surface area contributed by atoms with Crippen LogP contribution in [0.4, 0.5) is 20.2 Å². The molecular formula is C23H24F2N4O2. The molecule has 31 heavy (non-hydrogen) atoms. The quantitative estimate of drug-likeness (QED) is 0.673. The summed E-state index contributed by atoms with van der Waals surface area (Å²) in [7, 11) is 0. The number of fused-ring (bicyclic) bond motifs is 1. The van der Waals surface area contributed by atoms with Gasteiger partial charge in [0.1, 0.15) is 17.2 Å². The number of benzene rings is 2. The van der Waals surface area contributed by atoms with Crippen LogP contribution in [0.15, 0.2) is 30.3 Å². The fourth-order valence-corrected chi connectivity index (χ4v) is 3.88. The van der Waals surface area contributed by atoms with Gasteiger partial charge in [-0.1, -0.05) is 0 Å². The Morgan fingerprint density at radius 3 is 2.42 bits per heavy atom. The van der Waals surface area contributed by atoms with Gasteiger partial charge in [-0.15, -0.1) is 0 Å². The van der Waals surface area contributed by atoms with E-state index >= 15 is 0 Å². The molecule has 4 rings (SSSR count). The van der Waals surface area contributed by atoms with Crippen LogP contribution >= 0.6 is 0 Å². The monoisotopic (exact) mass is 426 g/mol. The maximum absolute atomic E-state index is 14.8. The Kier molecular flexibility index (Phi) is 5.58. The number of hydrogen-bond acceptors (Lipinski definition) is 5. The highest BCUT2D eigenvalue weighted by Crippen LogP contribution is 2.27. The maximum Gasteiger partial charge on any atom is 0.258 e. The van der Waals surface area contributed by atoms with Gasteiger partial charge in [-0.3, -0.25) is 4.79 Å². The van der Waals surface area contributed by atoms with Crippen LogP contribution in [0.3, 0.4) is 0 Å². The minimum atomic E-state index is -0.590. The second kappa shape index (κ2) is 8.19. The minimum absolute atomic E-state index is 0.00279. The van der Waals surface area contributed by atoms with Crippen LogP contribution in [-0.4, -0.2) is 41.2 Å². The summed E-state index contributed by atoms with van der Waals surface area (Å²) >= 11 is 0. The summed E-state index contributed by atoms with van der Waals surface area (Å²) in [5.74, 6) is -1.62. The fourth-order valence-electron chi connectivity index (χ4n) is 3.88. The Morgan fingerprint density at radius 2 is 1.74 bits per heavy atom. The lowest BCUT2D eigenvalue weighted by atomic mass is 10.1. The van der Waals surface area contributed by atoms with E-state index in [9.17, 15) is 13.6 Å². The Balaban J connectivity index is 1.61. The van der Waals surface area contributed by atoms with Gasteiger partial charge in [0.25, 0.3) is 5.91 Å². The first-order valence-corrected chi connectivity index (χ1v) is 10.2. The Hall–Kier alpha value is -3.13. The van der Waals surface area contributed by atoms with E-state index in [0.29, 0.717) is 41.2 Å². The smallest absolute Gasteiger partial charge is 0.258 e. The topological polar surface area (TPSA) is 67.4 Å². The van der Waals surface area contributed by atoms with Gasteiger partial charge in [0, 0.05) is 24.8 Å². The van der Waals surface area contributed by atoms with Gasteiger partial charge in [-0.2, -0.15) is 0 Å². The normalized spacial score (nSPS) is 19.0. The minimum Gasteiger partial charge on any atom is -0.372 e. The molecule has 0 radical (unpaired) electrons. The van der Waals surface area contributed by atoms with Crippen molar-refractivity contribution < 1.29 is 18.3 Å². The molecule has 6 nitrogen and oxygen atoms in total. The van der Waals surface area contributed by atoms with E-state index in [-0.39, 0.29) is 23.5 Å². The third-order valence-corrected chi connectivity index (χ3v) is 5.36. The highest BCUT2D eigenvalue weighted by atomic mass is 19.1. The van der Waals surface area contributed by atoms with Crippen LogP contribution in [0.5, 0.6) is 0 Å².